The van der Waals surface area contributed by atoms with Gasteiger partial charge in [-0.1, -0.05) is 11.8 Å². The van der Waals surface area contributed by atoms with Crippen LogP contribution >= 0.6 is 11.8 Å². The molecule has 3 N–H and O–H groups in total. The van der Waals surface area contributed by atoms with Crippen LogP contribution in [0.15, 0.2) is 21.7 Å². The first-order valence-corrected chi connectivity index (χ1v) is 5.65. The monoisotopic (exact) mass is 254 g/mol. The number of hydrogen-bond acceptors (Lipinski definition) is 7. The number of furan rings is 1. The molecule has 0 amide bonds. The predicted octanol–water partition coefficient (Wildman–Crippen LogP) is 1.06. The van der Waals surface area contributed by atoms with Crippen LogP contribution in [0.1, 0.15) is 16.3 Å². The fraction of sp³-hybridized carbons (Fsp3) is 0.222. The number of carbonyl (C=O) groups excluding carboxylic acids is 1. The number of ether oxygens (including phenoxy) is 1. The first kappa shape index (κ1) is 11.5. The van der Waals surface area contributed by atoms with Gasteiger partial charge in [0.05, 0.1) is 12.9 Å². The molecule has 0 saturated heterocycles. The molecule has 8 heteroatoms. The van der Waals surface area contributed by atoms with Crippen LogP contribution in [0, 0.1) is 0 Å². The van der Waals surface area contributed by atoms with Crippen molar-refractivity contribution in [1.82, 2.24) is 15.2 Å². The maximum absolute atomic E-state index is 11.1. The van der Waals surface area contributed by atoms with Crippen LogP contribution in [-0.2, 0) is 10.5 Å². The number of nitrogens with one attached hydrogen (secondary N) is 1. The number of methoxy groups -OCH3 is 1. The van der Waals surface area contributed by atoms with Crippen LogP contribution in [-0.4, -0.2) is 28.3 Å². The minimum absolute atomic E-state index is 0.178. The summed E-state index contributed by atoms with van der Waals surface area (Å²) in [6, 6.07) is 3.27. The average Bonchev–Trinajstić information content (AvgIpc) is 2.94. The van der Waals surface area contributed by atoms with Crippen LogP contribution < -0.4 is 5.73 Å². The lowest BCUT2D eigenvalue weighted by atomic mass is 10.4. The second kappa shape index (κ2) is 4.91. The number of anilines is 1. The molecule has 2 heterocycles. The molecular weight excluding hydrogens is 244 g/mol. The molecule has 2 rings (SSSR count). The third kappa shape index (κ3) is 2.78. The van der Waals surface area contributed by atoms with Gasteiger partial charge in [0.15, 0.2) is 0 Å². The molecule has 0 radical (unpaired) electrons. The Morgan fingerprint density at radius 1 is 1.65 bits per heavy atom. The Morgan fingerprint density at radius 3 is 3.12 bits per heavy atom. The van der Waals surface area contributed by atoms with E-state index in [1.807, 2.05) is 0 Å². The van der Waals surface area contributed by atoms with Gasteiger partial charge in [-0.3, -0.25) is 0 Å². The number of hydrogen-bond donors (Lipinski definition) is 2. The van der Waals surface area contributed by atoms with E-state index in [4.69, 9.17) is 10.2 Å². The molecule has 0 aromatic carbocycles. The van der Waals surface area contributed by atoms with E-state index in [9.17, 15) is 4.79 Å². The van der Waals surface area contributed by atoms with Crippen LogP contribution in [0.3, 0.4) is 0 Å². The van der Waals surface area contributed by atoms with Gasteiger partial charge >= 0.3 is 5.97 Å². The van der Waals surface area contributed by atoms with Crippen LogP contribution in [0.25, 0.3) is 0 Å². The lowest BCUT2D eigenvalue weighted by molar-refractivity contribution is 0.0563. The van der Waals surface area contributed by atoms with Crippen molar-refractivity contribution in [2.24, 2.45) is 0 Å². The minimum Gasteiger partial charge on any atom is -0.463 e. The predicted molar refractivity (Wildman–Crippen MR) is 60.4 cm³/mol. The van der Waals surface area contributed by atoms with Crippen molar-refractivity contribution in [1.29, 1.82) is 0 Å². The summed E-state index contributed by atoms with van der Waals surface area (Å²) < 4.78 is 9.80. The fourth-order valence-corrected chi connectivity index (χ4v) is 1.82. The topological polar surface area (TPSA) is 107 Å². The molecule has 0 bridgehead atoms. The zero-order valence-electron chi connectivity index (χ0n) is 8.97. The Balaban J connectivity index is 1.95. The number of rotatable bonds is 4. The zero-order valence-corrected chi connectivity index (χ0v) is 9.78. The van der Waals surface area contributed by atoms with Crippen LogP contribution in [0.4, 0.5) is 5.95 Å². The highest BCUT2D eigenvalue weighted by molar-refractivity contribution is 7.98. The largest absolute Gasteiger partial charge is 0.463 e. The molecule has 0 saturated carbocycles. The number of nitrogens with two attached hydrogens (primary N) is 1. The number of nitrogen functional groups attached to an aromatic ring is 1. The summed E-state index contributed by atoms with van der Waals surface area (Å²) >= 11 is 1.35. The Morgan fingerprint density at radius 2 is 2.47 bits per heavy atom. The second-order valence-electron chi connectivity index (χ2n) is 3.05. The van der Waals surface area contributed by atoms with E-state index in [0.29, 0.717) is 16.7 Å². The van der Waals surface area contributed by atoms with Crippen LogP contribution in [0.2, 0.25) is 0 Å². The van der Waals surface area contributed by atoms with Crippen molar-refractivity contribution in [3.05, 3.63) is 23.7 Å². The van der Waals surface area contributed by atoms with Crippen molar-refractivity contribution < 1.29 is 13.9 Å². The van der Waals surface area contributed by atoms with Gasteiger partial charge in [-0.2, -0.15) is 4.98 Å². The van der Waals surface area contributed by atoms with E-state index >= 15 is 0 Å². The summed E-state index contributed by atoms with van der Waals surface area (Å²) in [5, 5.41) is 6.91. The fourth-order valence-electron chi connectivity index (χ4n) is 1.12. The minimum atomic E-state index is -0.497. The Labute approximate surface area is 101 Å². The molecule has 0 unspecified atom stereocenters. The number of aromatic amines is 1. The van der Waals surface area contributed by atoms with Gasteiger partial charge in [-0.15, -0.1) is 5.10 Å². The SMILES string of the molecule is COC(=O)c1ccc(CSc2n[nH]c(N)n2)o1. The summed E-state index contributed by atoms with van der Waals surface area (Å²) in [4.78, 5) is 15.1. The van der Waals surface area contributed by atoms with E-state index in [0.717, 1.165) is 0 Å². The average molecular weight is 254 g/mol. The first-order chi connectivity index (χ1) is 8.19. The molecule has 0 atom stereocenters. The number of aromatic nitrogens is 3. The number of thioether (sulfide) groups is 1. The molecule has 0 aliphatic heterocycles. The van der Waals surface area contributed by atoms with Crippen LogP contribution in [0.5, 0.6) is 0 Å². The van der Waals surface area contributed by atoms with Crippen molar-refractivity contribution in [2.45, 2.75) is 10.9 Å². The number of nitrogens with zero attached hydrogens (tertiary/aromatic N) is 2. The highest BCUT2D eigenvalue weighted by Crippen LogP contribution is 2.21. The van der Waals surface area contributed by atoms with Crippen molar-refractivity contribution in [3.8, 4) is 0 Å². The normalized spacial score (nSPS) is 10.4. The van der Waals surface area contributed by atoms with Crippen molar-refractivity contribution in [2.75, 3.05) is 12.8 Å². The van der Waals surface area contributed by atoms with Gasteiger partial charge < -0.3 is 14.9 Å². The third-order valence-electron chi connectivity index (χ3n) is 1.87. The molecule has 17 heavy (non-hydrogen) atoms. The summed E-state index contributed by atoms with van der Waals surface area (Å²) in [6.45, 7) is 0. The molecule has 90 valence electrons. The quantitative estimate of drug-likeness (QED) is 0.620. The molecule has 2 aromatic heterocycles. The van der Waals surface area contributed by atoms with Crippen molar-refractivity contribution >= 4 is 23.7 Å². The first-order valence-electron chi connectivity index (χ1n) is 4.66. The molecule has 7 nitrogen and oxygen atoms in total. The molecule has 0 aliphatic rings. The van der Waals surface area contributed by atoms with Gasteiger partial charge in [-0.25, -0.2) is 9.89 Å². The number of carbonyl (C=O) groups is 1. The summed E-state index contributed by atoms with van der Waals surface area (Å²) in [7, 11) is 1.30. The number of esters is 1. The zero-order chi connectivity index (χ0) is 12.3. The van der Waals surface area contributed by atoms with E-state index < -0.39 is 5.97 Å². The molecule has 0 aliphatic carbocycles. The Bertz CT molecular complexity index is 522. The molecule has 0 spiro atoms. The molecular formula is C9H10N4O3S. The summed E-state index contributed by atoms with van der Waals surface area (Å²) in [5.74, 6) is 1.09. The van der Waals surface area contributed by atoms with Gasteiger partial charge in [0.1, 0.15) is 5.76 Å². The smallest absolute Gasteiger partial charge is 0.373 e. The van der Waals surface area contributed by atoms with E-state index in [-0.39, 0.29) is 11.7 Å². The molecule has 2 aromatic rings. The maximum Gasteiger partial charge on any atom is 0.373 e. The number of H-pyrrole nitrogens is 1. The van der Waals surface area contributed by atoms with E-state index in [1.165, 1.54) is 18.9 Å². The van der Waals surface area contributed by atoms with Gasteiger partial charge in [0.25, 0.3) is 0 Å². The molecule has 0 fully saturated rings. The highest BCUT2D eigenvalue weighted by atomic mass is 32.2. The third-order valence-corrected chi connectivity index (χ3v) is 2.74. The highest BCUT2D eigenvalue weighted by Gasteiger charge is 2.11. The van der Waals surface area contributed by atoms with E-state index in [2.05, 4.69) is 19.9 Å². The second-order valence-corrected chi connectivity index (χ2v) is 3.99. The Kier molecular flexibility index (Phi) is 3.33. The van der Waals surface area contributed by atoms with Gasteiger partial charge in [0, 0.05) is 0 Å². The summed E-state index contributed by atoms with van der Waals surface area (Å²) in [5.41, 5.74) is 5.38. The lowest BCUT2D eigenvalue weighted by Gasteiger charge is -1.94. The maximum atomic E-state index is 11.1. The Hall–Kier alpha value is -1.96. The standard InChI is InChI=1S/C9H10N4O3S/c1-15-7(14)6-3-2-5(16-6)4-17-9-11-8(10)12-13-9/h2-3H,4H2,1H3,(H3,10,11,12,13). The van der Waals surface area contributed by atoms with Crippen molar-refractivity contribution in [3.63, 3.8) is 0 Å². The summed E-state index contributed by atoms with van der Waals surface area (Å²) in [6.07, 6.45) is 0. The van der Waals surface area contributed by atoms with Gasteiger partial charge in [0.2, 0.25) is 16.9 Å². The lowest BCUT2D eigenvalue weighted by Crippen LogP contribution is -1.98. The van der Waals surface area contributed by atoms with Gasteiger partial charge in [-0.05, 0) is 12.1 Å². The van der Waals surface area contributed by atoms with E-state index in [1.54, 1.807) is 12.1 Å².